The molecule has 0 spiro atoms. The second-order valence-electron chi connectivity index (χ2n) is 5.08. The van der Waals surface area contributed by atoms with Gasteiger partial charge in [-0.1, -0.05) is 36.4 Å². The van der Waals surface area contributed by atoms with E-state index in [1.807, 2.05) is 0 Å². The molecule has 1 N–H and O–H groups in total. The zero-order chi connectivity index (χ0) is 12.5. The van der Waals surface area contributed by atoms with Crippen molar-refractivity contribution in [3.8, 4) is 0 Å². The zero-order valence-corrected chi connectivity index (χ0v) is 12.0. The minimum Gasteiger partial charge on any atom is -0.300 e. The summed E-state index contributed by atoms with van der Waals surface area (Å²) in [5, 5.41) is 11.7. The van der Waals surface area contributed by atoms with Gasteiger partial charge < -0.3 is 5.32 Å². The second kappa shape index (κ2) is 5.17. The fourth-order valence-corrected chi connectivity index (χ4v) is 4.86. The molecule has 1 heterocycles. The van der Waals surface area contributed by atoms with Crippen molar-refractivity contribution in [1.82, 2.24) is 10.2 Å². The SMILES string of the molecule is CCSc1nnc(NC(=O)[C@@H]2C[C@H]3CC[C@H]2C3)s1. The van der Waals surface area contributed by atoms with Crippen molar-refractivity contribution < 1.29 is 4.79 Å². The van der Waals surface area contributed by atoms with Crippen LogP contribution < -0.4 is 5.32 Å². The number of carbonyl (C=O) groups excluding carboxylic acids is 1. The molecule has 2 saturated carbocycles. The summed E-state index contributed by atoms with van der Waals surface area (Å²) in [6, 6.07) is 0. The van der Waals surface area contributed by atoms with Crippen molar-refractivity contribution in [3.05, 3.63) is 0 Å². The molecule has 1 aromatic heterocycles. The van der Waals surface area contributed by atoms with Crippen LogP contribution in [0.5, 0.6) is 0 Å². The van der Waals surface area contributed by atoms with E-state index in [0.717, 1.165) is 22.4 Å². The highest BCUT2D eigenvalue weighted by Gasteiger charge is 2.43. The number of hydrogen-bond acceptors (Lipinski definition) is 5. The quantitative estimate of drug-likeness (QED) is 0.681. The number of hydrogen-bond donors (Lipinski definition) is 1. The lowest BCUT2D eigenvalue weighted by atomic mass is 9.88. The number of amides is 1. The van der Waals surface area contributed by atoms with Crippen LogP contribution in [-0.4, -0.2) is 21.9 Å². The van der Waals surface area contributed by atoms with Gasteiger partial charge in [-0.3, -0.25) is 4.79 Å². The summed E-state index contributed by atoms with van der Waals surface area (Å²) in [5.74, 6) is 2.77. The van der Waals surface area contributed by atoms with Crippen molar-refractivity contribution in [3.63, 3.8) is 0 Å². The highest BCUT2D eigenvalue weighted by molar-refractivity contribution is 8.01. The maximum absolute atomic E-state index is 12.2. The van der Waals surface area contributed by atoms with E-state index < -0.39 is 0 Å². The molecule has 0 unspecified atom stereocenters. The molecule has 3 atom stereocenters. The van der Waals surface area contributed by atoms with Gasteiger partial charge in [0.15, 0.2) is 4.34 Å². The van der Waals surface area contributed by atoms with Crippen molar-refractivity contribution in [1.29, 1.82) is 0 Å². The average molecular weight is 283 g/mol. The van der Waals surface area contributed by atoms with Gasteiger partial charge in [0.1, 0.15) is 0 Å². The van der Waals surface area contributed by atoms with Crippen LogP contribution in [0.2, 0.25) is 0 Å². The number of nitrogens with zero attached hydrogens (tertiary/aromatic N) is 2. The van der Waals surface area contributed by atoms with Crippen LogP contribution in [0.4, 0.5) is 5.13 Å². The predicted molar refractivity (Wildman–Crippen MR) is 73.9 cm³/mol. The monoisotopic (exact) mass is 283 g/mol. The number of anilines is 1. The summed E-state index contributed by atoms with van der Waals surface area (Å²) >= 11 is 3.13. The first-order valence-corrected chi connectivity index (χ1v) is 8.33. The lowest BCUT2D eigenvalue weighted by Gasteiger charge is -2.19. The smallest absolute Gasteiger partial charge is 0.229 e. The van der Waals surface area contributed by atoms with E-state index in [1.165, 1.54) is 30.6 Å². The Morgan fingerprint density at radius 3 is 3.00 bits per heavy atom. The third-order valence-corrected chi connectivity index (χ3v) is 5.83. The van der Waals surface area contributed by atoms with Crippen LogP contribution in [0.25, 0.3) is 0 Å². The van der Waals surface area contributed by atoms with Gasteiger partial charge >= 0.3 is 0 Å². The molecule has 1 aromatic rings. The summed E-state index contributed by atoms with van der Waals surface area (Å²) in [6.07, 6.45) is 4.89. The van der Waals surface area contributed by atoms with Crippen LogP contribution in [-0.2, 0) is 4.79 Å². The molecular weight excluding hydrogens is 266 g/mol. The Morgan fingerprint density at radius 1 is 1.44 bits per heavy atom. The summed E-state index contributed by atoms with van der Waals surface area (Å²) in [7, 11) is 0. The maximum atomic E-state index is 12.2. The summed E-state index contributed by atoms with van der Waals surface area (Å²) < 4.78 is 0.931. The number of carbonyl (C=O) groups is 1. The van der Waals surface area contributed by atoms with E-state index in [9.17, 15) is 4.79 Å². The van der Waals surface area contributed by atoms with Gasteiger partial charge in [0.05, 0.1) is 0 Å². The third-order valence-electron chi connectivity index (χ3n) is 3.98. The number of nitrogens with one attached hydrogen (secondary N) is 1. The molecule has 18 heavy (non-hydrogen) atoms. The van der Waals surface area contributed by atoms with E-state index in [4.69, 9.17) is 0 Å². The Bertz CT molecular complexity index is 448. The lowest BCUT2D eigenvalue weighted by Crippen LogP contribution is -2.27. The van der Waals surface area contributed by atoms with Crippen LogP contribution in [0.15, 0.2) is 4.34 Å². The van der Waals surface area contributed by atoms with Gasteiger partial charge in [-0.05, 0) is 36.9 Å². The molecule has 2 aliphatic carbocycles. The molecule has 1 amide bonds. The molecular formula is C12H17N3OS2. The summed E-state index contributed by atoms with van der Waals surface area (Å²) in [6.45, 7) is 2.08. The van der Waals surface area contributed by atoms with Crippen molar-refractivity contribution >= 4 is 34.1 Å². The normalized spacial score (nSPS) is 29.7. The first kappa shape index (κ1) is 12.4. The van der Waals surface area contributed by atoms with E-state index in [0.29, 0.717) is 11.0 Å². The highest BCUT2D eigenvalue weighted by atomic mass is 32.2. The highest BCUT2D eigenvalue weighted by Crippen LogP contribution is 2.48. The van der Waals surface area contributed by atoms with Crippen LogP contribution in [0.3, 0.4) is 0 Å². The lowest BCUT2D eigenvalue weighted by molar-refractivity contribution is -0.121. The summed E-state index contributed by atoms with van der Waals surface area (Å²) in [5.41, 5.74) is 0. The van der Waals surface area contributed by atoms with Gasteiger partial charge in [-0.15, -0.1) is 10.2 Å². The van der Waals surface area contributed by atoms with E-state index >= 15 is 0 Å². The third kappa shape index (κ3) is 2.40. The molecule has 4 nitrogen and oxygen atoms in total. The largest absolute Gasteiger partial charge is 0.300 e. The molecule has 0 aromatic carbocycles. The topological polar surface area (TPSA) is 54.9 Å². The Morgan fingerprint density at radius 2 is 2.33 bits per heavy atom. The molecule has 0 aliphatic heterocycles. The first-order valence-electron chi connectivity index (χ1n) is 6.53. The number of aromatic nitrogens is 2. The maximum Gasteiger partial charge on any atom is 0.229 e. The van der Waals surface area contributed by atoms with Crippen LogP contribution >= 0.6 is 23.1 Å². The Labute approximate surface area is 115 Å². The molecule has 2 aliphatic rings. The van der Waals surface area contributed by atoms with Crippen molar-refractivity contribution in [2.75, 3.05) is 11.1 Å². The van der Waals surface area contributed by atoms with Crippen molar-refractivity contribution in [2.24, 2.45) is 17.8 Å². The molecule has 98 valence electrons. The Kier molecular flexibility index (Phi) is 3.56. The molecule has 2 fully saturated rings. The number of rotatable bonds is 4. The Balaban J connectivity index is 1.60. The average Bonchev–Trinajstić information content (AvgIpc) is 3.05. The van der Waals surface area contributed by atoms with Crippen LogP contribution in [0, 0.1) is 17.8 Å². The molecule has 0 radical (unpaired) electrons. The Hall–Kier alpha value is -0.620. The van der Waals surface area contributed by atoms with Crippen molar-refractivity contribution in [2.45, 2.75) is 36.9 Å². The number of fused-ring (bicyclic) bond motifs is 2. The zero-order valence-electron chi connectivity index (χ0n) is 10.4. The predicted octanol–water partition coefficient (Wildman–Crippen LogP) is 3.02. The molecule has 6 heteroatoms. The van der Waals surface area contributed by atoms with Crippen LogP contribution in [0.1, 0.15) is 32.6 Å². The number of thioether (sulfide) groups is 1. The van der Waals surface area contributed by atoms with E-state index in [-0.39, 0.29) is 11.8 Å². The second-order valence-corrected chi connectivity index (χ2v) is 7.57. The van der Waals surface area contributed by atoms with E-state index in [2.05, 4.69) is 22.4 Å². The van der Waals surface area contributed by atoms with Gasteiger partial charge in [0.2, 0.25) is 11.0 Å². The van der Waals surface area contributed by atoms with Gasteiger partial charge in [0, 0.05) is 5.92 Å². The van der Waals surface area contributed by atoms with Gasteiger partial charge in [-0.2, -0.15) is 0 Å². The molecule has 3 rings (SSSR count). The minimum absolute atomic E-state index is 0.159. The minimum atomic E-state index is 0.159. The molecule has 0 saturated heterocycles. The fourth-order valence-electron chi connectivity index (χ4n) is 3.21. The standard InChI is InChI=1S/C12H17N3OS2/c1-2-17-12-15-14-11(18-12)13-10(16)9-6-7-3-4-8(9)5-7/h7-9H,2-6H2,1H3,(H,13,14,16)/t7-,8-,9+/m0/s1. The van der Waals surface area contributed by atoms with E-state index in [1.54, 1.807) is 11.8 Å². The fraction of sp³-hybridized carbons (Fsp3) is 0.750. The first-order chi connectivity index (χ1) is 8.76. The van der Waals surface area contributed by atoms with Gasteiger partial charge in [0.25, 0.3) is 0 Å². The van der Waals surface area contributed by atoms with Gasteiger partial charge in [-0.25, -0.2) is 0 Å². The summed E-state index contributed by atoms with van der Waals surface area (Å²) in [4.78, 5) is 12.2. The molecule has 2 bridgehead atoms.